The number of nitrogens with zero attached hydrogens (tertiary/aromatic N) is 1. The van der Waals surface area contributed by atoms with E-state index >= 15 is 0 Å². The predicted molar refractivity (Wildman–Crippen MR) is 71.8 cm³/mol. The first-order valence-electron chi connectivity index (χ1n) is 5.42. The lowest BCUT2D eigenvalue weighted by molar-refractivity contribution is 0.102. The van der Waals surface area contributed by atoms with Gasteiger partial charge >= 0.3 is 0 Å². The van der Waals surface area contributed by atoms with Crippen LogP contribution in [0, 0.1) is 6.92 Å². The van der Waals surface area contributed by atoms with E-state index in [1.807, 2.05) is 43.3 Å². The quantitative estimate of drug-likeness (QED) is 0.920. The molecule has 0 bridgehead atoms. The molecule has 0 aliphatic carbocycles. The Morgan fingerprint density at radius 1 is 1.18 bits per heavy atom. The number of aromatic nitrogens is 1. The molecule has 0 aliphatic rings. The van der Waals surface area contributed by atoms with Crippen LogP contribution in [0.5, 0.6) is 0 Å². The zero-order valence-corrected chi connectivity index (χ0v) is 11.4. The number of aliphatic hydroxyl groups is 1. The van der Waals surface area contributed by atoms with Crippen LogP contribution in [0.25, 0.3) is 0 Å². The molecule has 0 aliphatic heterocycles. The second-order valence-corrected chi connectivity index (χ2v) is 5.19. The van der Waals surface area contributed by atoms with Crippen molar-refractivity contribution in [2.75, 3.05) is 0 Å². The highest BCUT2D eigenvalue weighted by molar-refractivity contribution is 9.10. The fraction of sp³-hybridized carbons (Fsp3) is 0.214. The van der Waals surface area contributed by atoms with Gasteiger partial charge in [0.1, 0.15) is 5.60 Å². The molecule has 1 N–H and O–H groups in total. The minimum Gasteiger partial charge on any atom is -0.381 e. The first-order valence-corrected chi connectivity index (χ1v) is 6.21. The summed E-state index contributed by atoms with van der Waals surface area (Å²) in [5.74, 6) is 0. The zero-order valence-electron chi connectivity index (χ0n) is 9.81. The van der Waals surface area contributed by atoms with Crippen molar-refractivity contribution in [1.82, 2.24) is 4.98 Å². The molecule has 3 heteroatoms. The molecule has 0 spiro atoms. The third kappa shape index (κ3) is 2.56. The van der Waals surface area contributed by atoms with Gasteiger partial charge in [-0.25, -0.2) is 0 Å². The first kappa shape index (κ1) is 12.3. The van der Waals surface area contributed by atoms with Gasteiger partial charge < -0.3 is 5.11 Å². The third-order valence-corrected chi connectivity index (χ3v) is 3.35. The van der Waals surface area contributed by atoms with Crippen LogP contribution >= 0.6 is 15.9 Å². The fourth-order valence-corrected chi connectivity index (χ4v) is 2.11. The topological polar surface area (TPSA) is 33.1 Å². The van der Waals surface area contributed by atoms with E-state index in [0.29, 0.717) is 0 Å². The molecular formula is C14H14BrNO. The normalized spacial score (nSPS) is 14.4. The Bertz CT molecular complexity index is 520. The fourth-order valence-electron chi connectivity index (χ4n) is 1.71. The number of aryl methyl sites for hydroxylation is 1. The van der Waals surface area contributed by atoms with Gasteiger partial charge in [-0.2, -0.15) is 0 Å². The maximum atomic E-state index is 10.6. The molecular weight excluding hydrogens is 278 g/mol. The lowest BCUT2D eigenvalue weighted by Crippen LogP contribution is -2.22. The van der Waals surface area contributed by atoms with Crippen LogP contribution in [0.3, 0.4) is 0 Å². The molecule has 1 atom stereocenters. The summed E-state index contributed by atoms with van der Waals surface area (Å²) in [4.78, 5) is 4.22. The van der Waals surface area contributed by atoms with Crippen molar-refractivity contribution in [2.24, 2.45) is 0 Å². The van der Waals surface area contributed by atoms with Crippen molar-refractivity contribution in [3.8, 4) is 0 Å². The van der Waals surface area contributed by atoms with Gasteiger partial charge in [0.05, 0.1) is 0 Å². The number of hydrogen-bond donors (Lipinski definition) is 1. The second-order valence-electron chi connectivity index (χ2n) is 4.27. The highest BCUT2D eigenvalue weighted by Crippen LogP contribution is 2.30. The predicted octanol–water partition coefficient (Wildman–Crippen LogP) is 3.41. The summed E-state index contributed by atoms with van der Waals surface area (Å²) in [5.41, 5.74) is 1.56. The summed E-state index contributed by atoms with van der Waals surface area (Å²) in [7, 11) is 0. The van der Waals surface area contributed by atoms with Crippen molar-refractivity contribution < 1.29 is 5.11 Å². The Balaban J connectivity index is 2.45. The average Bonchev–Trinajstić information content (AvgIpc) is 2.29. The highest BCUT2D eigenvalue weighted by atomic mass is 79.9. The van der Waals surface area contributed by atoms with Gasteiger partial charge in [-0.15, -0.1) is 0 Å². The molecule has 0 amide bonds. The lowest BCUT2D eigenvalue weighted by Gasteiger charge is -2.24. The largest absolute Gasteiger partial charge is 0.381 e. The van der Waals surface area contributed by atoms with Gasteiger partial charge in [0.15, 0.2) is 0 Å². The van der Waals surface area contributed by atoms with Crippen LogP contribution < -0.4 is 0 Å². The van der Waals surface area contributed by atoms with Gasteiger partial charge in [0.25, 0.3) is 0 Å². The van der Waals surface area contributed by atoms with Crippen LogP contribution in [0.1, 0.15) is 23.7 Å². The van der Waals surface area contributed by atoms with Crippen LogP contribution in [0.4, 0.5) is 0 Å². The molecule has 1 aromatic carbocycles. The summed E-state index contributed by atoms with van der Waals surface area (Å²) in [6.07, 6.45) is 1.72. The summed E-state index contributed by atoms with van der Waals surface area (Å²) in [5, 5.41) is 10.6. The Kier molecular flexibility index (Phi) is 3.31. The Morgan fingerprint density at radius 3 is 2.53 bits per heavy atom. The molecule has 2 aromatic rings. The van der Waals surface area contributed by atoms with Gasteiger partial charge in [0.2, 0.25) is 0 Å². The van der Waals surface area contributed by atoms with E-state index < -0.39 is 5.60 Å². The van der Waals surface area contributed by atoms with Crippen LogP contribution in [-0.2, 0) is 5.60 Å². The van der Waals surface area contributed by atoms with E-state index in [2.05, 4.69) is 20.9 Å². The van der Waals surface area contributed by atoms with Crippen molar-refractivity contribution in [1.29, 1.82) is 0 Å². The van der Waals surface area contributed by atoms with Gasteiger partial charge in [-0.05, 0) is 37.6 Å². The maximum absolute atomic E-state index is 10.6. The number of benzene rings is 1. The Morgan fingerprint density at radius 2 is 1.94 bits per heavy atom. The standard InChI is InChI=1S/C14H14BrNO/c1-10-6-7-12(9-16-10)14(2,17)11-4-3-5-13(15)8-11/h3-9,17H,1-2H3. The monoisotopic (exact) mass is 291 g/mol. The van der Waals surface area contributed by atoms with E-state index in [1.54, 1.807) is 13.1 Å². The molecule has 17 heavy (non-hydrogen) atoms. The summed E-state index contributed by atoms with van der Waals surface area (Å²) in [6, 6.07) is 11.5. The van der Waals surface area contributed by atoms with Gasteiger partial charge in [0, 0.05) is 21.9 Å². The molecule has 2 nitrogen and oxygen atoms in total. The summed E-state index contributed by atoms with van der Waals surface area (Å²) < 4.78 is 0.954. The van der Waals surface area contributed by atoms with Crippen molar-refractivity contribution in [3.05, 3.63) is 63.9 Å². The van der Waals surface area contributed by atoms with E-state index in [9.17, 15) is 5.11 Å². The zero-order chi connectivity index (χ0) is 12.5. The van der Waals surface area contributed by atoms with Gasteiger partial charge in [-0.1, -0.05) is 34.1 Å². The van der Waals surface area contributed by atoms with Crippen molar-refractivity contribution in [2.45, 2.75) is 19.4 Å². The van der Waals surface area contributed by atoms with E-state index in [-0.39, 0.29) is 0 Å². The molecule has 0 saturated carbocycles. The molecule has 1 aromatic heterocycles. The molecule has 2 rings (SSSR count). The minimum absolute atomic E-state index is 0.793. The van der Waals surface area contributed by atoms with E-state index in [4.69, 9.17) is 0 Å². The van der Waals surface area contributed by atoms with Crippen LogP contribution in [0.15, 0.2) is 47.1 Å². The van der Waals surface area contributed by atoms with E-state index in [0.717, 1.165) is 21.3 Å². The number of pyridine rings is 1. The first-order chi connectivity index (χ1) is 8.00. The smallest absolute Gasteiger partial charge is 0.113 e. The molecule has 1 unspecified atom stereocenters. The SMILES string of the molecule is Cc1ccc(C(C)(O)c2cccc(Br)c2)cn1. The molecule has 88 valence electrons. The number of halogens is 1. The van der Waals surface area contributed by atoms with Crippen LogP contribution in [0.2, 0.25) is 0 Å². The molecule has 0 saturated heterocycles. The molecule has 1 heterocycles. The van der Waals surface area contributed by atoms with Crippen molar-refractivity contribution in [3.63, 3.8) is 0 Å². The summed E-state index contributed by atoms with van der Waals surface area (Å²) in [6.45, 7) is 3.71. The number of hydrogen-bond acceptors (Lipinski definition) is 2. The average molecular weight is 292 g/mol. The third-order valence-electron chi connectivity index (χ3n) is 2.86. The Labute approximate surface area is 109 Å². The van der Waals surface area contributed by atoms with Gasteiger partial charge in [-0.3, -0.25) is 4.98 Å². The minimum atomic E-state index is -1.02. The van der Waals surface area contributed by atoms with Crippen LogP contribution in [-0.4, -0.2) is 10.1 Å². The highest BCUT2D eigenvalue weighted by Gasteiger charge is 2.25. The van der Waals surface area contributed by atoms with Crippen molar-refractivity contribution >= 4 is 15.9 Å². The van der Waals surface area contributed by atoms with E-state index in [1.165, 1.54) is 0 Å². The molecule has 0 fully saturated rings. The lowest BCUT2D eigenvalue weighted by atomic mass is 9.89. The second kappa shape index (κ2) is 4.59. The number of rotatable bonds is 2. The molecule has 0 radical (unpaired) electrons. The summed E-state index contributed by atoms with van der Waals surface area (Å²) >= 11 is 3.41. The maximum Gasteiger partial charge on any atom is 0.113 e. The Hall–Kier alpha value is -1.19.